The molecule has 3 N–H and O–H groups in total. The molecule has 3 unspecified atom stereocenters. The molecule has 47 heavy (non-hydrogen) atoms. The van der Waals surface area contributed by atoms with E-state index in [1.807, 2.05) is 4.90 Å². The lowest BCUT2D eigenvalue weighted by atomic mass is 9.92. The summed E-state index contributed by atoms with van der Waals surface area (Å²) in [5.74, 6) is 0.157. The highest BCUT2D eigenvalue weighted by Crippen LogP contribution is 2.44. The molecule has 2 bridgehead atoms. The lowest BCUT2D eigenvalue weighted by Crippen LogP contribution is -2.52. The van der Waals surface area contributed by atoms with E-state index in [-0.39, 0.29) is 69.4 Å². The Bertz CT molecular complexity index is 2030. The van der Waals surface area contributed by atoms with Gasteiger partial charge in [0, 0.05) is 47.7 Å². The van der Waals surface area contributed by atoms with Crippen LogP contribution < -0.4 is 20.7 Å². The molecular formula is C36H32F4N6O. The number of nitrogens with zero attached hydrogens (tertiary/aromatic N) is 4. The summed E-state index contributed by atoms with van der Waals surface area (Å²) in [5, 5.41) is 4.28. The van der Waals surface area contributed by atoms with E-state index < -0.39 is 23.0 Å². The molecule has 4 aliphatic rings. The van der Waals surface area contributed by atoms with E-state index in [0.717, 1.165) is 32.2 Å². The fraction of sp³-hybridized carbons (Fsp3) is 0.333. The summed E-state index contributed by atoms with van der Waals surface area (Å²) < 4.78 is 67.5. The number of nitrogens with two attached hydrogens (primary N) is 1. The lowest BCUT2D eigenvalue weighted by Gasteiger charge is -2.35. The normalized spacial score (nSPS) is 25.3. The topological polar surface area (TPSA) is 79.5 Å². The highest BCUT2D eigenvalue weighted by atomic mass is 19.1. The van der Waals surface area contributed by atoms with E-state index in [0.29, 0.717) is 30.6 Å². The van der Waals surface area contributed by atoms with Gasteiger partial charge in [-0.1, -0.05) is 24.1 Å². The summed E-state index contributed by atoms with van der Waals surface area (Å²) in [4.78, 5) is 13.5. The molecule has 3 saturated heterocycles. The van der Waals surface area contributed by atoms with E-state index in [1.54, 1.807) is 12.1 Å². The summed E-state index contributed by atoms with van der Waals surface area (Å²) >= 11 is 0. The smallest absolute Gasteiger partial charge is 0.319 e. The Hall–Kier alpha value is -4.66. The first-order valence-electron chi connectivity index (χ1n) is 15.8. The Labute approximate surface area is 269 Å². The molecule has 11 heteroatoms. The lowest BCUT2D eigenvalue weighted by molar-refractivity contribution is 0.0944. The number of anilines is 2. The molecular weight excluding hydrogens is 608 g/mol. The van der Waals surface area contributed by atoms with Crippen LogP contribution in [0.5, 0.6) is 6.01 Å². The number of aromatic nitrogens is 2. The number of nitrogen functional groups attached to an aromatic ring is 1. The second-order valence-electron chi connectivity index (χ2n) is 12.9. The quantitative estimate of drug-likeness (QED) is 0.116. The van der Waals surface area contributed by atoms with Gasteiger partial charge >= 0.3 is 6.01 Å². The van der Waals surface area contributed by atoms with Crippen molar-refractivity contribution in [2.24, 2.45) is 0 Å². The number of halogens is 4. The molecule has 3 aromatic carbocycles. The fourth-order valence-corrected chi connectivity index (χ4v) is 8.15. The molecule has 8 rings (SSSR count). The number of nitrogens with one attached hydrogen (secondary N) is 1. The maximum Gasteiger partial charge on any atom is 0.319 e. The van der Waals surface area contributed by atoms with Crippen LogP contribution in [0.3, 0.4) is 0 Å². The van der Waals surface area contributed by atoms with Crippen LogP contribution in [0.1, 0.15) is 31.2 Å². The van der Waals surface area contributed by atoms with Crippen LogP contribution in [0.15, 0.2) is 54.9 Å². The van der Waals surface area contributed by atoms with Crippen LogP contribution >= 0.6 is 0 Å². The van der Waals surface area contributed by atoms with Gasteiger partial charge in [-0.3, -0.25) is 4.90 Å². The summed E-state index contributed by atoms with van der Waals surface area (Å²) in [5.41, 5.74) is 5.42. The zero-order chi connectivity index (χ0) is 32.4. The summed E-state index contributed by atoms with van der Waals surface area (Å²) in [6, 6.07) is 6.93. The Kier molecular flexibility index (Phi) is 7.11. The summed E-state index contributed by atoms with van der Waals surface area (Å²) in [6.07, 6.45) is 15.4. The SMILES string of the molecule is C#Cc1c(F)ccc2cc(N)cc(-c3c(F)cc4c(N5CC6C=CC(C5)N6)nc(OC[C@@]56CCCN5C(/C=C\F)CC6)nc4c3F)c12. The van der Waals surface area contributed by atoms with Crippen LogP contribution in [0.4, 0.5) is 29.1 Å². The number of piperazine rings is 1. The van der Waals surface area contributed by atoms with Crippen molar-refractivity contribution in [3.05, 3.63) is 77.9 Å². The molecule has 240 valence electrons. The first-order chi connectivity index (χ1) is 22.8. The van der Waals surface area contributed by atoms with Crippen molar-refractivity contribution >= 4 is 33.2 Å². The zero-order valence-electron chi connectivity index (χ0n) is 25.4. The van der Waals surface area contributed by atoms with Crippen molar-refractivity contribution in [1.82, 2.24) is 20.2 Å². The van der Waals surface area contributed by atoms with Gasteiger partial charge in [0.2, 0.25) is 0 Å². The minimum Gasteiger partial charge on any atom is -0.461 e. The summed E-state index contributed by atoms with van der Waals surface area (Å²) in [7, 11) is 0. The zero-order valence-corrected chi connectivity index (χ0v) is 25.4. The van der Waals surface area contributed by atoms with Crippen LogP contribution in [0, 0.1) is 29.8 Å². The maximum atomic E-state index is 16.9. The van der Waals surface area contributed by atoms with Gasteiger partial charge < -0.3 is 20.7 Å². The highest BCUT2D eigenvalue weighted by molar-refractivity contribution is 6.05. The highest BCUT2D eigenvalue weighted by Gasteiger charge is 2.49. The monoisotopic (exact) mass is 640 g/mol. The third-order valence-electron chi connectivity index (χ3n) is 10.2. The third kappa shape index (κ3) is 4.81. The molecule has 7 nitrogen and oxygen atoms in total. The van der Waals surface area contributed by atoms with Crippen molar-refractivity contribution in [3.63, 3.8) is 0 Å². The second kappa shape index (κ2) is 11.2. The molecule has 5 heterocycles. The van der Waals surface area contributed by atoms with E-state index >= 15 is 8.78 Å². The number of benzene rings is 3. The number of terminal acetylenes is 1. The molecule has 0 saturated carbocycles. The number of fused-ring (bicyclic) bond motifs is 5. The molecule has 0 spiro atoms. The Morgan fingerprint density at radius 2 is 1.89 bits per heavy atom. The average molecular weight is 641 g/mol. The van der Waals surface area contributed by atoms with Crippen molar-refractivity contribution in [2.75, 3.05) is 36.9 Å². The van der Waals surface area contributed by atoms with Crippen molar-refractivity contribution in [3.8, 4) is 29.5 Å². The molecule has 0 amide bonds. The van der Waals surface area contributed by atoms with Crippen molar-refractivity contribution < 1.29 is 22.3 Å². The van der Waals surface area contributed by atoms with Gasteiger partial charge in [0.1, 0.15) is 29.6 Å². The number of hydrogen-bond acceptors (Lipinski definition) is 7. The molecule has 4 aromatic rings. The summed E-state index contributed by atoms with van der Waals surface area (Å²) in [6.45, 7) is 2.13. The second-order valence-corrected chi connectivity index (χ2v) is 12.9. The fourth-order valence-electron chi connectivity index (χ4n) is 8.15. The molecule has 4 atom stereocenters. The predicted molar refractivity (Wildman–Crippen MR) is 174 cm³/mol. The Morgan fingerprint density at radius 1 is 1.09 bits per heavy atom. The third-order valence-corrected chi connectivity index (χ3v) is 10.2. The minimum atomic E-state index is -0.960. The van der Waals surface area contributed by atoms with Crippen LogP contribution in [-0.2, 0) is 0 Å². The van der Waals surface area contributed by atoms with Crippen LogP contribution in [0.2, 0.25) is 0 Å². The number of hydrogen-bond donors (Lipinski definition) is 2. The first kappa shape index (κ1) is 29.7. The van der Waals surface area contributed by atoms with Crippen LogP contribution in [-0.4, -0.2) is 64.8 Å². The van der Waals surface area contributed by atoms with Crippen molar-refractivity contribution in [1.29, 1.82) is 0 Å². The average Bonchev–Trinajstić information content (AvgIpc) is 3.73. The standard InChI is InChI=1S/C36H32F4N6O/c1-2-25-28(38)7-4-20-14-21(41)15-26(30(20)25)31-29(39)16-27-33(32(31)40)43-35(44-34(27)45-17-22-5-6-23(18-45)42-22)47-19-36-10-3-13-46(36)24(8-11-36)9-12-37/h1,4-7,9,12,14-16,22-24,42H,3,8,10-11,13,17-19,41H2/b12-9-/t22?,23?,24?,36-/m0/s1. The largest absolute Gasteiger partial charge is 0.461 e. The predicted octanol–water partition coefficient (Wildman–Crippen LogP) is 6.01. The Balaban J connectivity index is 1.28. The van der Waals surface area contributed by atoms with Gasteiger partial charge in [-0.05, 0) is 73.5 Å². The van der Waals surface area contributed by atoms with E-state index in [9.17, 15) is 8.78 Å². The van der Waals surface area contributed by atoms with Crippen molar-refractivity contribution in [2.45, 2.75) is 49.3 Å². The first-order valence-corrected chi connectivity index (χ1v) is 15.8. The number of ether oxygens (including phenoxy) is 1. The molecule has 0 aliphatic carbocycles. The van der Waals surface area contributed by atoms with Gasteiger partial charge in [-0.2, -0.15) is 9.97 Å². The van der Waals surface area contributed by atoms with Gasteiger partial charge in [0.15, 0.2) is 5.82 Å². The van der Waals surface area contributed by atoms with Gasteiger partial charge in [0.05, 0.1) is 23.0 Å². The minimum absolute atomic E-state index is 0.0168. The molecule has 3 fully saturated rings. The molecule has 0 radical (unpaired) electrons. The Morgan fingerprint density at radius 3 is 2.66 bits per heavy atom. The molecule has 1 aromatic heterocycles. The maximum absolute atomic E-state index is 16.9. The van der Waals surface area contributed by atoms with E-state index in [1.165, 1.54) is 24.3 Å². The van der Waals surface area contributed by atoms with Gasteiger partial charge in [0.25, 0.3) is 0 Å². The van der Waals surface area contributed by atoms with Gasteiger partial charge in [-0.15, -0.1) is 6.42 Å². The molecule has 4 aliphatic heterocycles. The number of rotatable bonds is 6. The van der Waals surface area contributed by atoms with Gasteiger partial charge in [-0.25, -0.2) is 17.6 Å². The van der Waals surface area contributed by atoms with E-state index in [4.69, 9.17) is 21.9 Å². The van der Waals surface area contributed by atoms with Crippen LogP contribution in [0.25, 0.3) is 32.8 Å². The van der Waals surface area contributed by atoms with E-state index in [2.05, 4.69) is 33.3 Å².